The van der Waals surface area contributed by atoms with Gasteiger partial charge in [0.2, 0.25) is 0 Å². The number of alkyl halides is 6. The lowest BCUT2D eigenvalue weighted by Crippen LogP contribution is -2.46. The number of nitrogens with zero attached hydrogens (tertiary/aromatic N) is 1. The minimum Gasteiger partial charge on any atom is -0.480 e. The molecule has 1 aliphatic rings. The number of carboxylic acids is 1. The van der Waals surface area contributed by atoms with Crippen molar-refractivity contribution in [2.45, 2.75) is 43.4 Å². The number of ether oxygens (including phenoxy) is 2. The predicted molar refractivity (Wildman–Crippen MR) is 133 cm³/mol. The summed E-state index contributed by atoms with van der Waals surface area (Å²) in [5.74, 6) is -4.34. The van der Waals surface area contributed by atoms with Gasteiger partial charge in [0, 0.05) is 22.3 Å². The number of H-pyrrole nitrogens is 1. The highest BCUT2D eigenvalue weighted by atomic mass is 19.4. The van der Waals surface area contributed by atoms with Gasteiger partial charge in [0.25, 0.3) is 5.56 Å². The van der Waals surface area contributed by atoms with Crippen LogP contribution in [0.1, 0.15) is 18.4 Å². The van der Waals surface area contributed by atoms with E-state index < -0.39 is 66.2 Å². The first kappa shape index (κ1) is 30.4. The van der Waals surface area contributed by atoms with Gasteiger partial charge in [-0.25, -0.2) is 9.59 Å². The lowest BCUT2D eigenvalue weighted by atomic mass is 10.0. The molecule has 0 spiro atoms. The molecule has 1 saturated heterocycles. The minimum atomic E-state index is -5.39. The number of benzene rings is 2. The van der Waals surface area contributed by atoms with Crippen LogP contribution in [0.4, 0.5) is 36.8 Å². The summed E-state index contributed by atoms with van der Waals surface area (Å²) in [6.45, 7) is -0.165. The Balaban J connectivity index is 1.53. The molecule has 2 aromatic carbocycles. The lowest BCUT2D eigenvalue weighted by molar-refractivity contribution is -0.206. The van der Waals surface area contributed by atoms with Crippen molar-refractivity contribution >= 4 is 34.5 Å². The Kier molecular flexibility index (Phi) is 8.20. The summed E-state index contributed by atoms with van der Waals surface area (Å²) in [5, 5.41) is 9.38. The van der Waals surface area contributed by atoms with Crippen LogP contribution < -0.4 is 16.2 Å². The summed E-state index contributed by atoms with van der Waals surface area (Å²) in [5.41, 5.74) is 3.56. The fraction of sp³-hybridized carbons (Fsp3) is 0.308. The largest absolute Gasteiger partial charge is 0.490 e. The van der Waals surface area contributed by atoms with Gasteiger partial charge in [0.15, 0.2) is 0 Å². The molecule has 1 aromatic heterocycles. The highest BCUT2D eigenvalue weighted by Gasteiger charge is 2.44. The smallest absolute Gasteiger partial charge is 0.480 e. The van der Waals surface area contributed by atoms with Crippen LogP contribution in [0.25, 0.3) is 22.0 Å². The SMILES string of the molecule is N[C@H](C(=O)O)[C@@H](CCC1CN(c2ccc3cc(-c4ccccc4C(F)(F)F)[nH]c(=O)c3c2)C(=O)O1)OC(=O)C(F)(F)F. The van der Waals surface area contributed by atoms with Crippen LogP contribution in [0.15, 0.2) is 53.3 Å². The monoisotopic (exact) mass is 601 g/mol. The molecule has 0 aliphatic carbocycles. The van der Waals surface area contributed by atoms with Gasteiger partial charge in [-0.1, -0.05) is 24.3 Å². The summed E-state index contributed by atoms with van der Waals surface area (Å²) < 4.78 is 87.7. The molecule has 2 heterocycles. The van der Waals surface area contributed by atoms with E-state index in [-0.39, 0.29) is 40.7 Å². The third kappa shape index (κ3) is 6.48. The Morgan fingerprint density at radius 3 is 2.43 bits per heavy atom. The zero-order valence-electron chi connectivity index (χ0n) is 21.2. The predicted octanol–water partition coefficient (Wildman–Crippen LogP) is 4.21. The van der Waals surface area contributed by atoms with Crippen LogP contribution >= 0.6 is 0 Å². The molecular weight excluding hydrogens is 580 g/mol. The minimum absolute atomic E-state index is 0.0450. The molecular formula is C26H21F6N3O7. The molecule has 1 amide bonds. The van der Waals surface area contributed by atoms with Crippen LogP contribution in [-0.2, 0) is 25.2 Å². The van der Waals surface area contributed by atoms with E-state index in [4.69, 9.17) is 15.6 Å². The van der Waals surface area contributed by atoms with Crippen molar-refractivity contribution in [3.63, 3.8) is 0 Å². The summed E-state index contributed by atoms with van der Waals surface area (Å²) >= 11 is 0. The number of pyridine rings is 1. The van der Waals surface area contributed by atoms with E-state index in [9.17, 15) is 45.5 Å². The molecule has 0 radical (unpaired) electrons. The third-order valence-corrected chi connectivity index (χ3v) is 6.49. The van der Waals surface area contributed by atoms with Crippen molar-refractivity contribution < 1.29 is 55.3 Å². The topological polar surface area (TPSA) is 152 Å². The Hall–Kier alpha value is -4.60. The van der Waals surface area contributed by atoms with Crippen molar-refractivity contribution in [2.24, 2.45) is 5.73 Å². The first-order valence-electron chi connectivity index (χ1n) is 12.1. The maximum atomic E-state index is 13.5. The number of cyclic esters (lactones) is 1. The summed E-state index contributed by atoms with van der Waals surface area (Å²) in [6, 6.07) is 8.22. The number of carboxylic acid groups (broad SMARTS) is 1. The van der Waals surface area contributed by atoms with Gasteiger partial charge in [-0.15, -0.1) is 0 Å². The highest BCUT2D eigenvalue weighted by molar-refractivity contribution is 5.94. The molecule has 1 unspecified atom stereocenters. The summed E-state index contributed by atoms with van der Waals surface area (Å²) in [4.78, 5) is 51.3. The Morgan fingerprint density at radius 1 is 1.10 bits per heavy atom. The maximum Gasteiger partial charge on any atom is 0.490 e. The van der Waals surface area contributed by atoms with E-state index in [0.29, 0.717) is 0 Å². The number of aromatic amines is 1. The molecule has 16 heteroatoms. The average Bonchev–Trinajstić information content (AvgIpc) is 3.29. The fourth-order valence-corrected chi connectivity index (χ4v) is 4.43. The number of nitrogens with one attached hydrogen (secondary N) is 1. The molecule has 4 N–H and O–H groups in total. The number of aromatic nitrogens is 1. The van der Waals surface area contributed by atoms with Crippen LogP contribution in [0.2, 0.25) is 0 Å². The molecule has 1 fully saturated rings. The van der Waals surface area contributed by atoms with Crippen molar-refractivity contribution in [1.82, 2.24) is 4.98 Å². The molecule has 42 heavy (non-hydrogen) atoms. The average molecular weight is 601 g/mol. The van der Waals surface area contributed by atoms with E-state index in [2.05, 4.69) is 9.72 Å². The van der Waals surface area contributed by atoms with Crippen LogP contribution in [0, 0.1) is 0 Å². The number of carbonyl (C=O) groups is 3. The van der Waals surface area contributed by atoms with Gasteiger partial charge in [-0.05, 0) is 42.5 Å². The van der Waals surface area contributed by atoms with Crippen LogP contribution in [-0.4, -0.2) is 59.1 Å². The molecule has 224 valence electrons. The first-order valence-corrected chi connectivity index (χ1v) is 12.1. The third-order valence-electron chi connectivity index (χ3n) is 6.49. The Morgan fingerprint density at radius 2 is 1.79 bits per heavy atom. The first-order chi connectivity index (χ1) is 19.6. The number of nitrogens with two attached hydrogens (primary N) is 1. The number of amides is 1. The van der Waals surface area contributed by atoms with Gasteiger partial charge in [0.1, 0.15) is 18.2 Å². The van der Waals surface area contributed by atoms with E-state index in [0.717, 1.165) is 11.0 Å². The van der Waals surface area contributed by atoms with Crippen molar-refractivity contribution in [1.29, 1.82) is 0 Å². The molecule has 0 bridgehead atoms. The van der Waals surface area contributed by atoms with Crippen molar-refractivity contribution in [3.05, 3.63) is 64.4 Å². The van der Waals surface area contributed by atoms with Crippen molar-refractivity contribution in [2.75, 3.05) is 11.4 Å². The van der Waals surface area contributed by atoms with E-state index in [1.165, 1.54) is 42.5 Å². The van der Waals surface area contributed by atoms with Gasteiger partial charge in [0.05, 0.1) is 12.1 Å². The summed E-state index contributed by atoms with van der Waals surface area (Å²) in [7, 11) is 0. The number of esters is 1. The van der Waals surface area contributed by atoms with E-state index in [1.807, 2.05) is 0 Å². The van der Waals surface area contributed by atoms with Crippen molar-refractivity contribution in [3.8, 4) is 11.3 Å². The van der Waals surface area contributed by atoms with Gasteiger partial charge >= 0.3 is 30.4 Å². The standard InChI is InChI=1S/C26H21F6N3O7/c27-25(28,29)17-4-2-1-3-15(17)18-9-12-5-6-13(10-16(12)21(36)34-18)35-11-14(41-24(35)40)7-8-19(20(33)22(37)38)42-23(39)26(30,31)32/h1-6,9-10,14,19-20H,7-8,11,33H2,(H,34,36)(H,37,38)/t14?,19-,20+/m1/s1. The maximum absolute atomic E-state index is 13.5. The van der Waals surface area contributed by atoms with Gasteiger partial charge in [-0.2, -0.15) is 26.3 Å². The second kappa shape index (κ2) is 11.3. The normalized spacial score (nSPS) is 17.2. The zero-order chi connectivity index (χ0) is 31.0. The van der Waals surface area contributed by atoms with Gasteiger partial charge < -0.3 is 25.3 Å². The second-order valence-corrected chi connectivity index (χ2v) is 9.33. The van der Waals surface area contributed by atoms with Crippen LogP contribution in [0.3, 0.4) is 0 Å². The number of fused-ring (bicyclic) bond motifs is 1. The lowest BCUT2D eigenvalue weighted by Gasteiger charge is -2.22. The number of rotatable bonds is 8. The quantitative estimate of drug-likeness (QED) is 0.257. The summed E-state index contributed by atoms with van der Waals surface area (Å²) in [6.07, 6.45) is -14.5. The number of aliphatic carboxylic acids is 1. The Labute approximate surface area is 231 Å². The molecule has 3 atom stereocenters. The number of carbonyl (C=O) groups excluding carboxylic acids is 2. The number of anilines is 1. The van der Waals surface area contributed by atoms with Crippen LogP contribution in [0.5, 0.6) is 0 Å². The molecule has 1 aliphatic heterocycles. The Bertz CT molecular complexity index is 1590. The number of halogens is 6. The van der Waals surface area contributed by atoms with Gasteiger partial charge in [-0.3, -0.25) is 14.5 Å². The zero-order valence-corrected chi connectivity index (χ0v) is 21.2. The van der Waals surface area contributed by atoms with E-state index >= 15 is 0 Å². The fourth-order valence-electron chi connectivity index (χ4n) is 4.43. The molecule has 3 aromatic rings. The van der Waals surface area contributed by atoms with E-state index in [1.54, 1.807) is 0 Å². The second-order valence-electron chi connectivity index (χ2n) is 9.33. The molecule has 10 nitrogen and oxygen atoms in total. The number of hydrogen-bond donors (Lipinski definition) is 3. The molecule has 4 rings (SSSR count). The highest BCUT2D eigenvalue weighted by Crippen LogP contribution is 2.37. The number of hydrogen-bond acceptors (Lipinski definition) is 7. The molecule has 0 saturated carbocycles.